The molecule has 0 bridgehead atoms. The second-order valence-electron chi connectivity index (χ2n) is 13.2. The molecule has 0 saturated heterocycles. The molecule has 6 rings (SSSR count). The van der Waals surface area contributed by atoms with Gasteiger partial charge in [0, 0.05) is 34.4 Å². The molecular weight excluding hydrogens is 500 g/mol. The van der Waals surface area contributed by atoms with E-state index in [9.17, 15) is 19.8 Å². The Balaban J connectivity index is 1.04. The highest BCUT2D eigenvalue weighted by atomic mass is 16.3. The number of hydrogen-bond acceptors (Lipinski definition) is 6. The second kappa shape index (κ2) is 8.77. The fourth-order valence-electron chi connectivity index (χ4n) is 8.38. The van der Waals surface area contributed by atoms with Crippen LogP contribution in [0.5, 0.6) is 0 Å². The SMILES string of the molecule is CC1=CC2=C(C)[C@@]3(CC3CCC=NN=CCCC3=C(C)C=C4C(=O)[C@](C)(O)C5(CC5)C(C)=C43)C(C)(O)C(=O)C2=C1. The van der Waals surface area contributed by atoms with Gasteiger partial charge in [0.05, 0.1) is 0 Å². The zero-order valence-electron chi connectivity index (χ0n) is 24.5. The van der Waals surface area contributed by atoms with Crippen molar-refractivity contribution in [3.8, 4) is 0 Å². The van der Waals surface area contributed by atoms with Gasteiger partial charge < -0.3 is 10.2 Å². The first-order valence-electron chi connectivity index (χ1n) is 14.6. The Labute approximate surface area is 236 Å². The minimum atomic E-state index is -1.38. The standard InChI is InChI=1S/C34H40N2O4/c1-19-15-25-21(3)34(32(6,40)29(37)26(25)16-19)18-23(34)9-7-13-35-36-14-8-10-24-20(2)17-27-28(24)22(4)33(11-12-33)31(5,39)30(27)38/h13-17,23,39-40H,7-12,18H2,1-6H3/t23?,31-,32?,34+/m0/s1. The van der Waals surface area contributed by atoms with Crippen molar-refractivity contribution in [2.75, 3.05) is 0 Å². The van der Waals surface area contributed by atoms with Crippen molar-refractivity contribution in [1.82, 2.24) is 0 Å². The Morgan fingerprint density at radius 1 is 0.875 bits per heavy atom. The smallest absolute Gasteiger partial charge is 0.195 e. The van der Waals surface area contributed by atoms with E-state index >= 15 is 0 Å². The zero-order chi connectivity index (χ0) is 28.8. The third-order valence-corrected chi connectivity index (χ3v) is 11.0. The molecule has 4 atom stereocenters. The first kappa shape index (κ1) is 27.2. The summed E-state index contributed by atoms with van der Waals surface area (Å²) < 4.78 is 0. The van der Waals surface area contributed by atoms with Gasteiger partial charge in [-0.25, -0.2) is 0 Å². The number of hydrogen-bond donors (Lipinski definition) is 2. The molecule has 2 unspecified atom stereocenters. The van der Waals surface area contributed by atoms with Crippen molar-refractivity contribution in [2.45, 2.75) is 97.7 Å². The molecule has 0 aromatic heterocycles. The number of carbonyl (C=O) groups is 2. The molecule has 2 fully saturated rings. The average Bonchev–Trinajstić information content (AvgIpc) is 3.79. The first-order valence-corrected chi connectivity index (χ1v) is 14.6. The van der Waals surface area contributed by atoms with E-state index in [1.165, 1.54) is 5.57 Å². The van der Waals surface area contributed by atoms with Gasteiger partial charge in [0.15, 0.2) is 11.6 Å². The minimum absolute atomic E-state index is 0.145. The molecule has 0 amide bonds. The number of rotatable bonds is 7. The normalized spacial score (nSPS) is 35.9. The van der Waals surface area contributed by atoms with Gasteiger partial charge in [-0.15, -0.1) is 0 Å². The number of aliphatic hydroxyl groups is 2. The quantitative estimate of drug-likeness (QED) is 0.313. The van der Waals surface area contributed by atoms with Crippen molar-refractivity contribution in [3.63, 3.8) is 0 Å². The van der Waals surface area contributed by atoms with Crippen LogP contribution in [0.4, 0.5) is 0 Å². The molecular formula is C34H40N2O4. The maximum absolute atomic E-state index is 13.1. The van der Waals surface area contributed by atoms with E-state index in [2.05, 4.69) is 30.1 Å². The summed E-state index contributed by atoms with van der Waals surface area (Å²) >= 11 is 0. The molecule has 2 N–H and O–H groups in total. The molecule has 40 heavy (non-hydrogen) atoms. The molecule has 0 aromatic rings. The van der Waals surface area contributed by atoms with Crippen LogP contribution in [0.3, 0.4) is 0 Å². The fraction of sp³-hybridized carbons (Fsp3) is 0.529. The third-order valence-electron chi connectivity index (χ3n) is 11.0. The summed E-state index contributed by atoms with van der Waals surface area (Å²) in [5, 5.41) is 30.8. The van der Waals surface area contributed by atoms with Crippen molar-refractivity contribution in [2.24, 2.45) is 27.0 Å². The largest absolute Gasteiger partial charge is 0.381 e. The lowest BCUT2D eigenvalue weighted by Crippen LogP contribution is -2.50. The van der Waals surface area contributed by atoms with Gasteiger partial charge in [0.1, 0.15) is 11.2 Å². The predicted octanol–water partition coefficient (Wildman–Crippen LogP) is 5.83. The summed E-state index contributed by atoms with van der Waals surface area (Å²) in [5.74, 6) is -0.0551. The summed E-state index contributed by atoms with van der Waals surface area (Å²) in [4.78, 5) is 26.2. The molecule has 2 saturated carbocycles. The van der Waals surface area contributed by atoms with E-state index < -0.39 is 22.0 Å². The molecule has 210 valence electrons. The summed E-state index contributed by atoms with van der Waals surface area (Å²) in [6.07, 6.45) is 15.2. The molecule has 6 aliphatic rings. The average molecular weight is 541 g/mol. The molecule has 0 radical (unpaired) electrons. The first-order chi connectivity index (χ1) is 18.8. The Bertz CT molecular complexity index is 1500. The lowest BCUT2D eigenvalue weighted by molar-refractivity contribution is -0.138. The van der Waals surface area contributed by atoms with E-state index in [0.717, 1.165) is 72.0 Å². The van der Waals surface area contributed by atoms with Crippen LogP contribution < -0.4 is 0 Å². The van der Waals surface area contributed by atoms with Crippen molar-refractivity contribution in [3.05, 3.63) is 68.4 Å². The van der Waals surface area contributed by atoms with Gasteiger partial charge in [-0.3, -0.25) is 9.59 Å². The summed E-state index contributed by atoms with van der Waals surface area (Å²) in [7, 11) is 0. The molecule has 0 aliphatic heterocycles. The van der Waals surface area contributed by atoms with Crippen LogP contribution in [0.25, 0.3) is 0 Å². The lowest BCUT2D eigenvalue weighted by Gasteiger charge is -2.39. The molecule has 6 aliphatic carbocycles. The highest BCUT2D eigenvalue weighted by Gasteiger charge is 2.70. The molecule has 0 aromatic carbocycles. The zero-order valence-corrected chi connectivity index (χ0v) is 24.5. The maximum atomic E-state index is 13.1. The number of allylic oxidation sites excluding steroid dienone is 8. The molecule has 2 spiro atoms. The van der Waals surface area contributed by atoms with Crippen LogP contribution in [0.2, 0.25) is 0 Å². The van der Waals surface area contributed by atoms with E-state index in [1.54, 1.807) is 13.8 Å². The van der Waals surface area contributed by atoms with E-state index in [4.69, 9.17) is 0 Å². The van der Waals surface area contributed by atoms with Crippen molar-refractivity contribution < 1.29 is 19.8 Å². The summed E-state index contributed by atoms with van der Waals surface area (Å²) in [6, 6.07) is 0. The number of carbonyl (C=O) groups excluding carboxylic acids is 2. The van der Waals surface area contributed by atoms with Gasteiger partial charge in [0.25, 0.3) is 0 Å². The van der Waals surface area contributed by atoms with Crippen LogP contribution in [0.15, 0.2) is 78.6 Å². The Morgan fingerprint density at radius 2 is 1.52 bits per heavy atom. The molecule has 0 heterocycles. The maximum Gasteiger partial charge on any atom is 0.195 e. The fourth-order valence-corrected chi connectivity index (χ4v) is 8.38. The number of fused-ring (bicyclic) bond motifs is 2. The van der Waals surface area contributed by atoms with E-state index in [-0.39, 0.29) is 17.5 Å². The summed E-state index contributed by atoms with van der Waals surface area (Å²) in [6.45, 7) is 11.6. The Kier molecular flexibility index (Phi) is 5.97. The van der Waals surface area contributed by atoms with Crippen molar-refractivity contribution >= 4 is 24.0 Å². The monoisotopic (exact) mass is 540 g/mol. The van der Waals surface area contributed by atoms with Crippen LogP contribution in [-0.4, -0.2) is 45.4 Å². The third kappa shape index (κ3) is 3.48. The van der Waals surface area contributed by atoms with Crippen LogP contribution in [0.1, 0.15) is 86.5 Å². The van der Waals surface area contributed by atoms with Gasteiger partial charge in [-0.2, -0.15) is 10.2 Å². The number of ketones is 2. The molecule has 6 heteroatoms. The lowest BCUT2D eigenvalue weighted by atomic mass is 9.66. The summed E-state index contributed by atoms with van der Waals surface area (Å²) in [5.41, 5.74) is 5.42. The van der Waals surface area contributed by atoms with E-state index in [1.807, 2.05) is 38.4 Å². The van der Waals surface area contributed by atoms with E-state index in [0.29, 0.717) is 17.6 Å². The predicted molar refractivity (Wildman–Crippen MR) is 157 cm³/mol. The van der Waals surface area contributed by atoms with Crippen LogP contribution in [-0.2, 0) is 9.59 Å². The van der Waals surface area contributed by atoms with Crippen molar-refractivity contribution in [1.29, 1.82) is 0 Å². The van der Waals surface area contributed by atoms with Crippen LogP contribution in [0, 0.1) is 16.7 Å². The number of Topliss-reactive ketones (excluding diaryl/α,β-unsaturated/α-hetero) is 2. The van der Waals surface area contributed by atoms with Gasteiger partial charge in [0.2, 0.25) is 0 Å². The second-order valence-corrected chi connectivity index (χ2v) is 13.2. The highest BCUT2D eigenvalue weighted by Crippen LogP contribution is 2.69. The van der Waals surface area contributed by atoms with Crippen LogP contribution >= 0.6 is 0 Å². The molecule has 6 nitrogen and oxygen atoms in total. The topological polar surface area (TPSA) is 99.3 Å². The van der Waals surface area contributed by atoms with Gasteiger partial charge >= 0.3 is 0 Å². The van der Waals surface area contributed by atoms with Gasteiger partial charge in [-0.05, 0) is 132 Å². The Morgan fingerprint density at radius 3 is 2.20 bits per heavy atom. The minimum Gasteiger partial charge on any atom is -0.381 e. The number of nitrogens with zero attached hydrogens (tertiary/aromatic N) is 2. The highest BCUT2D eigenvalue weighted by molar-refractivity contribution is 6.11. The van der Waals surface area contributed by atoms with Gasteiger partial charge in [-0.1, -0.05) is 17.2 Å². The Hall–Kier alpha value is -2.96.